The van der Waals surface area contributed by atoms with Crippen LogP contribution in [0.4, 0.5) is 4.79 Å². The molecule has 1 fully saturated rings. The van der Waals surface area contributed by atoms with Crippen LogP contribution in [0.5, 0.6) is 0 Å². The summed E-state index contributed by atoms with van der Waals surface area (Å²) in [7, 11) is 0. The Labute approximate surface area is 122 Å². The van der Waals surface area contributed by atoms with Crippen LogP contribution in [-0.2, 0) is 9.53 Å². The van der Waals surface area contributed by atoms with Gasteiger partial charge < -0.3 is 25.2 Å². The van der Waals surface area contributed by atoms with Crippen molar-refractivity contribution >= 4 is 29.3 Å². The van der Waals surface area contributed by atoms with Gasteiger partial charge in [0.05, 0.1) is 17.6 Å². The number of hydrogen-bond donors (Lipinski definition) is 3. The average Bonchev–Trinajstić information content (AvgIpc) is 2.65. The molecule has 1 aliphatic rings. The molecule has 0 bridgehead atoms. The van der Waals surface area contributed by atoms with E-state index in [1.807, 2.05) is 0 Å². The Hall–Kier alpha value is -1.41. The van der Waals surface area contributed by atoms with Crippen LogP contribution in [0.3, 0.4) is 0 Å². The highest BCUT2D eigenvalue weighted by molar-refractivity contribution is 7.80. The van der Waals surface area contributed by atoms with Crippen molar-refractivity contribution in [2.24, 2.45) is 0 Å². The van der Waals surface area contributed by atoms with Crippen LogP contribution in [0.1, 0.15) is 27.2 Å². The van der Waals surface area contributed by atoms with Gasteiger partial charge in [-0.15, -0.1) is 0 Å². The maximum absolute atomic E-state index is 11.5. The normalized spacial score (nSPS) is 22.5. The van der Waals surface area contributed by atoms with Gasteiger partial charge in [0.25, 0.3) is 0 Å². The molecule has 7 nitrogen and oxygen atoms in total. The molecule has 0 aliphatic carbocycles. The number of nitrogens with zero attached hydrogens (tertiary/aromatic N) is 1. The Bertz CT molecular complexity index is 407. The molecule has 20 heavy (non-hydrogen) atoms. The number of aliphatic carboxylic acids is 1. The van der Waals surface area contributed by atoms with Crippen molar-refractivity contribution in [1.29, 1.82) is 0 Å². The molecule has 0 radical (unpaired) electrons. The minimum atomic E-state index is -1.13. The van der Waals surface area contributed by atoms with E-state index in [0.717, 1.165) is 0 Å². The quantitative estimate of drug-likeness (QED) is 0.647. The summed E-state index contributed by atoms with van der Waals surface area (Å²) in [6, 6.07) is -1.05. The highest BCUT2D eigenvalue weighted by Crippen LogP contribution is 2.19. The molecule has 1 rings (SSSR count). The van der Waals surface area contributed by atoms with Crippen molar-refractivity contribution in [1.82, 2.24) is 10.2 Å². The maximum Gasteiger partial charge on any atom is 0.408 e. The Morgan fingerprint density at radius 2 is 2.05 bits per heavy atom. The molecule has 0 aromatic rings. The molecule has 2 atom stereocenters. The molecular formula is C12H20N2O5S. The van der Waals surface area contributed by atoms with Crippen LogP contribution in [-0.4, -0.2) is 63.0 Å². The summed E-state index contributed by atoms with van der Waals surface area (Å²) in [5, 5.41) is 21.1. The van der Waals surface area contributed by atoms with E-state index in [1.54, 1.807) is 20.8 Å². The van der Waals surface area contributed by atoms with Crippen molar-refractivity contribution in [2.45, 2.75) is 44.9 Å². The fourth-order valence-electron chi connectivity index (χ4n) is 1.92. The number of carbonyl (C=O) groups is 2. The highest BCUT2D eigenvalue weighted by atomic mass is 32.1. The second kappa shape index (κ2) is 6.36. The zero-order valence-electron chi connectivity index (χ0n) is 11.8. The third kappa shape index (κ3) is 4.61. The average molecular weight is 304 g/mol. The minimum absolute atomic E-state index is 0.000741. The van der Waals surface area contributed by atoms with Gasteiger partial charge >= 0.3 is 12.1 Å². The number of amides is 1. The number of hydrogen-bond acceptors (Lipinski definition) is 5. The maximum atomic E-state index is 11.5. The number of aliphatic hydroxyl groups is 1. The molecule has 0 aromatic carbocycles. The van der Waals surface area contributed by atoms with Crippen molar-refractivity contribution in [3.63, 3.8) is 0 Å². The Morgan fingerprint density at radius 3 is 2.55 bits per heavy atom. The van der Waals surface area contributed by atoms with Crippen molar-refractivity contribution in [3.8, 4) is 0 Å². The molecule has 8 heteroatoms. The van der Waals surface area contributed by atoms with Gasteiger partial charge in [-0.25, -0.2) is 9.59 Å². The first-order chi connectivity index (χ1) is 9.11. The third-order valence-electron chi connectivity index (χ3n) is 2.72. The molecule has 0 aromatic heterocycles. The molecular weight excluding hydrogens is 284 g/mol. The summed E-state index contributed by atoms with van der Waals surface area (Å²) in [6.45, 7) is 5.57. The predicted molar refractivity (Wildman–Crippen MR) is 75.6 cm³/mol. The summed E-state index contributed by atoms with van der Waals surface area (Å²) in [5.74, 6) is -1.13. The van der Waals surface area contributed by atoms with E-state index >= 15 is 0 Å². The Morgan fingerprint density at radius 1 is 1.45 bits per heavy atom. The number of nitrogens with one attached hydrogen (secondary N) is 1. The lowest BCUT2D eigenvalue weighted by Crippen LogP contribution is -2.48. The van der Waals surface area contributed by atoms with Crippen LogP contribution in [0, 0.1) is 0 Å². The fraction of sp³-hybridized carbons (Fsp3) is 0.750. The van der Waals surface area contributed by atoms with E-state index < -0.39 is 29.8 Å². The lowest BCUT2D eigenvalue weighted by molar-refractivity contribution is -0.143. The van der Waals surface area contributed by atoms with E-state index in [9.17, 15) is 14.7 Å². The van der Waals surface area contributed by atoms with Gasteiger partial charge in [-0.1, -0.05) is 12.2 Å². The van der Waals surface area contributed by atoms with Crippen LogP contribution < -0.4 is 5.32 Å². The number of aliphatic hydroxyl groups excluding tert-OH is 1. The highest BCUT2D eigenvalue weighted by Gasteiger charge is 2.39. The molecule has 1 heterocycles. The first kappa shape index (κ1) is 16.6. The number of rotatable bonds is 3. The fourth-order valence-corrected chi connectivity index (χ4v) is 2.19. The number of carboxylic acids is 1. The molecule has 1 amide bonds. The number of alkyl carbamates (subject to hydrolysis) is 1. The van der Waals surface area contributed by atoms with Crippen LogP contribution >= 0.6 is 12.2 Å². The molecule has 0 spiro atoms. The zero-order chi connectivity index (χ0) is 15.5. The summed E-state index contributed by atoms with van der Waals surface area (Å²) < 4.78 is 5.05. The van der Waals surface area contributed by atoms with Crippen LogP contribution in [0.2, 0.25) is 0 Å². The van der Waals surface area contributed by atoms with Gasteiger partial charge in [0.15, 0.2) is 6.04 Å². The van der Waals surface area contributed by atoms with Gasteiger partial charge in [0, 0.05) is 6.54 Å². The molecule has 114 valence electrons. The number of thiocarbonyl (C=S) groups is 1. The summed E-state index contributed by atoms with van der Waals surface area (Å²) in [5.41, 5.74) is -0.612. The second-order valence-electron chi connectivity index (χ2n) is 5.58. The lowest BCUT2D eigenvalue weighted by Gasteiger charge is -2.26. The Kier molecular flexibility index (Phi) is 5.29. The Balaban J connectivity index is 2.51. The molecule has 3 N–H and O–H groups in total. The monoisotopic (exact) mass is 304 g/mol. The van der Waals surface area contributed by atoms with Gasteiger partial charge in [-0.05, 0) is 27.2 Å². The van der Waals surface area contributed by atoms with Gasteiger partial charge in [-0.2, -0.15) is 0 Å². The van der Waals surface area contributed by atoms with E-state index in [2.05, 4.69) is 5.32 Å². The smallest absolute Gasteiger partial charge is 0.408 e. The molecule has 0 saturated carbocycles. The number of ether oxygens (including phenoxy) is 1. The van der Waals surface area contributed by atoms with Crippen molar-refractivity contribution in [3.05, 3.63) is 0 Å². The van der Waals surface area contributed by atoms with Crippen molar-refractivity contribution < 1.29 is 24.5 Å². The predicted octanol–water partition coefficient (Wildman–Crippen LogP) is 0.358. The van der Waals surface area contributed by atoms with E-state index in [0.29, 0.717) is 13.0 Å². The van der Waals surface area contributed by atoms with Gasteiger partial charge in [0.1, 0.15) is 5.60 Å². The van der Waals surface area contributed by atoms with Crippen LogP contribution in [0.25, 0.3) is 0 Å². The van der Waals surface area contributed by atoms with Crippen molar-refractivity contribution in [2.75, 3.05) is 13.1 Å². The number of likely N-dealkylation sites (tertiary alicyclic amines) is 1. The molecule has 1 aliphatic heterocycles. The largest absolute Gasteiger partial charge is 0.480 e. The lowest BCUT2D eigenvalue weighted by atomic mass is 10.2. The van der Waals surface area contributed by atoms with Crippen LogP contribution in [0.15, 0.2) is 0 Å². The first-order valence-electron chi connectivity index (χ1n) is 6.29. The van der Waals surface area contributed by atoms with Gasteiger partial charge in [-0.3, -0.25) is 0 Å². The van der Waals surface area contributed by atoms with E-state index in [4.69, 9.17) is 22.1 Å². The zero-order valence-corrected chi connectivity index (χ0v) is 12.6. The molecule has 0 unspecified atom stereocenters. The number of carboxylic acid groups (broad SMARTS) is 1. The summed E-state index contributed by atoms with van der Waals surface area (Å²) in [4.78, 5) is 24.2. The number of carbonyl (C=O) groups excluding carboxylic acids is 1. The van der Waals surface area contributed by atoms with E-state index in [1.165, 1.54) is 4.90 Å². The van der Waals surface area contributed by atoms with E-state index in [-0.39, 0.29) is 11.5 Å². The SMILES string of the molecule is CC(C)(C)OC(=O)NCC(=S)N1CC[C@H](O)[C@H]1C(=O)O. The summed E-state index contributed by atoms with van der Waals surface area (Å²) in [6.07, 6.45) is -1.23. The first-order valence-corrected chi connectivity index (χ1v) is 6.70. The summed E-state index contributed by atoms with van der Waals surface area (Å²) >= 11 is 5.10. The molecule has 1 saturated heterocycles. The minimum Gasteiger partial charge on any atom is -0.480 e. The standard InChI is InChI=1S/C12H20N2O5S/c1-12(2,3)19-11(18)13-6-8(20)14-5-4-7(15)9(14)10(16)17/h7,9,15H,4-6H2,1-3H3,(H,13,18)(H,16,17)/t7-,9-/m0/s1. The third-order valence-corrected chi connectivity index (χ3v) is 3.10. The topological polar surface area (TPSA) is 99.1 Å². The second-order valence-corrected chi connectivity index (χ2v) is 6.05. The van der Waals surface area contributed by atoms with Gasteiger partial charge in [0.2, 0.25) is 0 Å².